The van der Waals surface area contributed by atoms with Gasteiger partial charge in [0.1, 0.15) is 44.3 Å². The maximum atomic E-state index is 12.5. The fourth-order valence-corrected chi connectivity index (χ4v) is 5.23. The van der Waals surface area contributed by atoms with Crippen LogP contribution in [-0.2, 0) is 85.7 Å². The summed E-state index contributed by atoms with van der Waals surface area (Å²) in [5.74, 6) is -3.11. The predicted octanol–water partition coefficient (Wildman–Crippen LogP) is 3.47. The number of ether oxygens (including phenoxy) is 3. The number of benzene rings is 4. The second-order valence-electron chi connectivity index (χ2n) is 8.90. The van der Waals surface area contributed by atoms with E-state index in [0.717, 1.165) is 31.4 Å². The van der Waals surface area contributed by atoms with Crippen molar-refractivity contribution in [1.29, 1.82) is 0 Å². The van der Waals surface area contributed by atoms with E-state index in [0.29, 0.717) is 5.75 Å². The molecular formula is C29H26O14S2Y2. The second kappa shape index (κ2) is 17.4. The van der Waals surface area contributed by atoms with Gasteiger partial charge in [-0.1, -0.05) is 30.3 Å². The third-order valence-corrected chi connectivity index (χ3v) is 7.84. The zero-order valence-electron chi connectivity index (χ0n) is 24.8. The molecule has 0 aliphatic carbocycles. The van der Waals surface area contributed by atoms with Crippen molar-refractivity contribution < 1.29 is 130 Å². The predicted molar refractivity (Wildman–Crippen MR) is 157 cm³/mol. The second-order valence-corrected chi connectivity index (χ2v) is 11.7. The van der Waals surface area contributed by atoms with Crippen molar-refractivity contribution in [3.63, 3.8) is 0 Å². The summed E-state index contributed by atoms with van der Waals surface area (Å²) < 4.78 is 78.3. The fraction of sp³-hybridized carbons (Fsp3) is 0.103. The molecule has 2 radical (unpaired) electrons. The van der Waals surface area contributed by atoms with Gasteiger partial charge in [0.05, 0.1) is 38.0 Å². The molecule has 0 bridgehead atoms. The SMILES string of the molecule is COc1cc(O)c(C(=O)c2ccccc2)cc1S(=O)(=O)O.COc1ccc(C(=O)c2cc(S(=O)(=O)O)c(OC)cc2O)c(O)c1.[Y].[Y]. The molecule has 4 aromatic rings. The molecule has 0 saturated heterocycles. The minimum absolute atomic E-state index is 0. The molecule has 0 atom stereocenters. The summed E-state index contributed by atoms with van der Waals surface area (Å²) in [7, 11) is -5.58. The van der Waals surface area contributed by atoms with Crippen LogP contribution >= 0.6 is 0 Å². The molecule has 0 aliphatic rings. The standard InChI is InChI=1S/C15H14O8S.C14H12O6S.2Y/c1-22-8-3-4-9(11(16)5-8)15(18)10-6-14(24(19,20)21)13(23-2)7-12(10)17;1-20-12-8-11(15)10(7-13(12)21(17,18)19)14(16)9-5-3-2-4-6-9;;/h3-7,16-17H,1-2H3,(H,19,20,21);2-8,15H,1H3,(H,17,18,19);;. The first-order valence-corrected chi connectivity index (χ1v) is 15.2. The molecule has 0 spiro atoms. The molecule has 4 rings (SSSR count). The summed E-state index contributed by atoms with van der Waals surface area (Å²) in [5.41, 5.74) is -0.574. The average Bonchev–Trinajstić information content (AvgIpc) is 2.99. The van der Waals surface area contributed by atoms with E-state index in [-0.39, 0.29) is 93.6 Å². The minimum Gasteiger partial charge on any atom is -0.507 e. The monoisotopic (exact) mass is 840 g/mol. The third kappa shape index (κ3) is 10.3. The Kier molecular flexibility index (Phi) is 15.6. The van der Waals surface area contributed by atoms with Crippen LogP contribution in [0.2, 0.25) is 0 Å². The topological polar surface area (TPSA) is 231 Å². The van der Waals surface area contributed by atoms with Crippen molar-refractivity contribution in [2.24, 2.45) is 0 Å². The number of rotatable bonds is 9. The third-order valence-electron chi connectivity index (χ3n) is 6.09. The minimum atomic E-state index is -4.69. The maximum absolute atomic E-state index is 12.5. The quantitative estimate of drug-likeness (QED) is 0.120. The fourth-order valence-electron chi connectivity index (χ4n) is 3.90. The Hall–Kier alpha value is -2.95. The van der Waals surface area contributed by atoms with Crippen LogP contribution in [0.1, 0.15) is 31.8 Å². The number of methoxy groups -OCH3 is 3. The van der Waals surface area contributed by atoms with Gasteiger partial charge in [-0.3, -0.25) is 18.7 Å². The molecule has 0 amide bonds. The number of ketones is 2. The molecule has 0 unspecified atom stereocenters. The molecule has 18 heteroatoms. The Morgan fingerprint density at radius 2 is 0.979 bits per heavy atom. The Labute approximate surface area is 320 Å². The van der Waals surface area contributed by atoms with Crippen LogP contribution < -0.4 is 14.2 Å². The van der Waals surface area contributed by atoms with E-state index in [1.54, 1.807) is 18.2 Å². The number of carbonyl (C=O) groups excluding carboxylic acids is 2. The number of aromatic hydroxyl groups is 3. The Morgan fingerprint density at radius 3 is 1.36 bits per heavy atom. The summed E-state index contributed by atoms with van der Waals surface area (Å²) in [6.45, 7) is 0. The average molecular weight is 840 g/mol. The van der Waals surface area contributed by atoms with Crippen LogP contribution in [0.3, 0.4) is 0 Å². The van der Waals surface area contributed by atoms with Crippen LogP contribution in [0.25, 0.3) is 0 Å². The Morgan fingerprint density at radius 1 is 0.553 bits per heavy atom. The molecule has 14 nitrogen and oxygen atoms in total. The van der Waals surface area contributed by atoms with E-state index in [1.807, 2.05) is 0 Å². The van der Waals surface area contributed by atoms with Gasteiger partial charge < -0.3 is 29.5 Å². The summed E-state index contributed by atoms with van der Waals surface area (Å²) in [6, 6.07) is 15.4. The van der Waals surface area contributed by atoms with Crippen LogP contribution in [-0.4, -0.2) is 74.2 Å². The number of hydrogen-bond donors (Lipinski definition) is 5. The molecule has 0 aliphatic heterocycles. The number of phenols is 3. The van der Waals surface area contributed by atoms with Crippen molar-refractivity contribution in [3.8, 4) is 34.5 Å². The largest absolute Gasteiger partial charge is 0.507 e. The van der Waals surface area contributed by atoms with E-state index in [1.165, 1.54) is 44.6 Å². The normalized spacial score (nSPS) is 10.7. The van der Waals surface area contributed by atoms with Gasteiger partial charge in [0.2, 0.25) is 5.78 Å². The molecule has 4 aromatic carbocycles. The van der Waals surface area contributed by atoms with E-state index < -0.39 is 64.4 Å². The summed E-state index contributed by atoms with van der Waals surface area (Å²) in [5, 5.41) is 29.7. The van der Waals surface area contributed by atoms with Crippen LogP contribution in [0, 0.1) is 0 Å². The summed E-state index contributed by atoms with van der Waals surface area (Å²) >= 11 is 0. The van der Waals surface area contributed by atoms with Gasteiger partial charge in [-0.25, -0.2) is 0 Å². The Balaban J connectivity index is 0.000000454. The molecule has 244 valence electrons. The number of hydrogen-bond acceptors (Lipinski definition) is 12. The molecular weight excluding hydrogens is 814 g/mol. The smallest absolute Gasteiger partial charge is 0.298 e. The van der Waals surface area contributed by atoms with E-state index in [2.05, 4.69) is 0 Å². The van der Waals surface area contributed by atoms with E-state index in [9.17, 15) is 46.3 Å². The van der Waals surface area contributed by atoms with Crippen molar-refractivity contribution in [3.05, 3.63) is 95.1 Å². The van der Waals surface area contributed by atoms with Gasteiger partial charge in [-0.2, -0.15) is 16.8 Å². The zero-order chi connectivity index (χ0) is 33.7. The molecule has 0 saturated carbocycles. The van der Waals surface area contributed by atoms with Crippen molar-refractivity contribution in [2.45, 2.75) is 9.79 Å². The zero-order valence-corrected chi connectivity index (χ0v) is 32.1. The van der Waals surface area contributed by atoms with E-state index >= 15 is 0 Å². The van der Waals surface area contributed by atoms with Crippen molar-refractivity contribution >= 4 is 31.8 Å². The van der Waals surface area contributed by atoms with E-state index in [4.69, 9.17) is 18.8 Å². The molecule has 0 fully saturated rings. The first-order valence-electron chi connectivity index (χ1n) is 12.3. The Bertz CT molecular complexity index is 1980. The molecule has 0 heterocycles. The maximum Gasteiger partial charge on any atom is 0.298 e. The summed E-state index contributed by atoms with van der Waals surface area (Å²) in [6.07, 6.45) is 0. The van der Waals surface area contributed by atoms with Gasteiger partial charge in [0, 0.05) is 89.2 Å². The van der Waals surface area contributed by atoms with Gasteiger partial charge in [-0.15, -0.1) is 0 Å². The molecule has 0 aromatic heterocycles. The van der Waals surface area contributed by atoms with Gasteiger partial charge in [0.15, 0.2) is 5.78 Å². The van der Waals surface area contributed by atoms with Gasteiger partial charge >= 0.3 is 0 Å². The van der Waals surface area contributed by atoms with Crippen LogP contribution in [0.15, 0.2) is 82.6 Å². The number of phenolic OH excluding ortho intramolecular Hbond substituents is 3. The first kappa shape index (κ1) is 42.1. The molecule has 47 heavy (non-hydrogen) atoms. The van der Waals surface area contributed by atoms with Crippen molar-refractivity contribution in [2.75, 3.05) is 21.3 Å². The van der Waals surface area contributed by atoms with Gasteiger partial charge in [-0.05, 0) is 24.3 Å². The van der Waals surface area contributed by atoms with Gasteiger partial charge in [0.25, 0.3) is 20.2 Å². The summed E-state index contributed by atoms with van der Waals surface area (Å²) in [4.78, 5) is 23.5. The van der Waals surface area contributed by atoms with Crippen molar-refractivity contribution in [1.82, 2.24) is 0 Å². The first-order chi connectivity index (χ1) is 21.0. The number of carbonyl (C=O) groups is 2. The van der Waals surface area contributed by atoms with Crippen LogP contribution in [0.4, 0.5) is 0 Å². The molecule has 5 N–H and O–H groups in total. The van der Waals surface area contributed by atoms with Crippen LogP contribution in [0.5, 0.6) is 34.5 Å².